The molecule has 0 radical (unpaired) electrons. The molecular weight excluding hydrogens is 265 g/mol. The molecule has 0 amide bonds. The van der Waals surface area contributed by atoms with Gasteiger partial charge in [-0.3, -0.25) is 4.79 Å². The topological polar surface area (TPSA) is 43.1 Å². The molecule has 2 N–H and O–H groups in total. The second-order valence-corrected chi connectivity index (χ2v) is 4.89. The number of hydrogen-bond acceptors (Lipinski definition) is 2. The molecule has 0 spiro atoms. The molecule has 2 rings (SSSR count). The molecule has 0 aliphatic heterocycles. The zero-order chi connectivity index (χ0) is 14.2. The fourth-order valence-electron chi connectivity index (χ4n) is 2.12. The first-order valence-electron chi connectivity index (χ1n) is 5.76. The summed E-state index contributed by atoms with van der Waals surface area (Å²) in [4.78, 5) is 12.5. The molecule has 0 aliphatic rings. The van der Waals surface area contributed by atoms with Crippen molar-refractivity contribution in [2.24, 2.45) is 0 Å². The lowest BCUT2D eigenvalue weighted by Gasteiger charge is -2.11. The van der Waals surface area contributed by atoms with E-state index in [4.69, 9.17) is 17.3 Å². The van der Waals surface area contributed by atoms with Gasteiger partial charge in [-0.15, -0.1) is 0 Å². The highest BCUT2D eigenvalue weighted by Gasteiger charge is 2.18. The Bertz CT molecular complexity index is 644. The van der Waals surface area contributed by atoms with E-state index in [1.54, 1.807) is 26.0 Å². The Kier molecular flexibility index (Phi) is 3.58. The molecule has 0 bridgehead atoms. The fraction of sp³-hybridized carbons (Fsp3) is 0.133. The van der Waals surface area contributed by atoms with Crippen LogP contribution in [-0.2, 0) is 0 Å². The van der Waals surface area contributed by atoms with Gasteiger partial charge in [-0.1, -0.05) is 11.6 Å². The molecule has 0 fully saturated rings. The third-order valence-electron chi connectivity index (χ3n) is 2.96. The molecule has 0 unspecified atom stereocenters. The molecular formula is C15H13ClFNO. The van der Waals surface area contributed by atoms with E-state index in [0.717, 1.165) is 0 Å². The summed E-state index contributed by atoms with van der Waals surface area (Å²) in [6.45, 7) is 3.40. The molecule has 19 heavy (non-hydrogen) atoms. The lowest BCUT2D eigenvalue weighted by molar-refractivity contribution is 0.103. The summed E-state index contributed by atoms with van der Waals surface area (Å²) in [7, 11) is 0. The van der Waals surface area contributed by atoms with E-state index in [0.29, 0.717) is 33.0 Å². The van der Waals surface area contributed by atoms with Crippen LogP contribution in [0.3, 0.4) is 0 Å². The summed E-state index contributed by atoms with van der Waals surface area (Å²) < 4.78 is 13.3. The average molecular weight is 278 g/mol. The van der Waals surface area contributed by atoms with Crippen molar-refractivity contribution in [3.8, 4) is 0 Å². The molecule has 2 aromatic carbocycles. The Morgan fingerprint density at radius 2 is 1.74 bits per heavy atom. The van der Waals surface area contributed by atoms with Crippen LogP contribution in [0.4, 0.5) is 10.1 Å². The van der Waals surface area contributed by atoms with Crippen LogP contribution in [-0.4, -0.2) is 5.78 Å². The highest BCUT2D eigenvalue weighted by Crippen LogP contribution is 2.25. The number of carbonyl (C=O) groups excluding carboxylic acids is 1. The molecule has 0 saturated carbocycles. The van der Waals surface area contributed by atoms with Gasteiger partial charge in [0.25, 0.3) is 0 Å². The minimum Gasteiger partial charge on any atom is -0.399 e. The van der Waals surface area contributed by atoms with Crippen molar-refractivity contribution in [2.75, 3.05) is 5.73 Å². The number of carbonyl (C=O) groups is 1. The highest BCUT2D eigenvalue weighted by molar-refractivity contribution is 6.35. The van der Waals surface area contributed by atoms with Crippen LogP contribution < -0.4 is 5.73 Å². The van der Waals surface area contributed by atoms with E-state index in [-0.39, 0.29) is 11.6 Å². The van der Waals surface area contributed by atoms with E-state index in [9.17, 15) is 9.18 Å². The number of nitrogens with two attached hydrogens (primary N) is 1. The molecule has 0 aliphatic carbocycles. The molecule has 0 aromatic heterocycles. The minimum absolute atomic E-state index is 0.243. The van der Waals surface area contributed by atoms with Crippen LogP contribution in [0, 0.1) is 19.7 Å². The lowest BCUT2D eigenvalue weighted by Crippen LogP contribution is -2.08. The summed E-state index contributed by atoms with van der Waals surface area (Å²) in [6.07, 6.45) is 0. The maximum absolute atomic E-state index is 13.3. The monoisotopic (exact) mass is 277 g/mol. The molecule has 0 heterocycles. The quantitative estimate of drug-likeness (QED) is 0.668. The van der Waals surface area contributed by atoms with Crippen LogP contribution in [0.25, 0.3) is 0 Å². The number of rotatable bonds is 2. The van der Waals surface area contributed by atoms with Crippen molar-refractivity contribution >= 4 is 23.1 Å². The van der Waals surface area contributed by atoms with Gasteiger partial charge >= 0.3 is 0 Å². The van der Waals surface area contributed by atoms with E-state index in [2.05, 4.69) is 0 Å². The second-order valence-electron chi connectivity index (χ2n) is 4.48. The number of benzene rings is 2. The number of aryl methyl sites for hydroxylation is 2. The normalized spacial score (nSPS) is 10.5. The molecule has 0 saturated heterocycles. The Hall–Kier alpha value is -1.87. The van der Waals surface area contributed by atoms with Crippen molar-refractivity contribution in [2.45, 2.75) is 13.8 Å². The lowest BCUT2D eigenvalue weighted by atomic mass is 9.94. The van der Waals surface area contributed by atoms with Gasteiger partial charge in [0.15, 0.2) is 5.78 Å². The summed E-state index contributed by atoms with van der Waals surface area (Å²) in [5.41, 5.74) is 8.10. The smallest absolute Gasteiger partial charge is 0.195 e. The number of nitrogen functional groups attached to an aromatic ring is 1. The van der Waals surface area contributed by atoms with Crippen molar-refractivity contribution in [3.05, 3.63) is 63.4 Å². The van der Waals surface area contributed by atoms with Gasteiger partial charge in [0.1, 0.15) is 5.82 Å². The van der Waals surface area contributed by atoms with Crippen molar-refractivity contribution in [3.63, 3.8) is 0 Å². The summed E-state index contributed by atoms with van der Waals surface area (Å²) >= 11 is 6.03. The Labute approximate surface area is 116 Å². The molecule has 2 aromatic rings. The second kappa shape index (κ2) is 5.02. The SMILES string of the molecule is Cc1cc(F)cc(C)c1C(=O)c1cc(N)ccc1Cl. The van der Waals surface area contributed by atoms with E-state index in [1.807, 2.05) is 0 Å². The van der Waals surface area contributed by atoms with Crippen LogP contribution in [0.15, 0.2) is 30.3 Å². The molecule has 2 nitrogen and oxygen atoms in total. The Balaban J connectivity index is 2.59. The van der Waals surface area contributed by atoms with E-state index in [1.165, 1.54) is 18.2 Å². The van der Waals surface area contributed by atoms with Gasteiger partial charge in [-0.2, -0.15) is 0 Å². The van der Waals surface area contributed by atoms with Gasteiger partial charge in [-0.25, -0.2) is 4.39 Å². The minimum atomic E-state index is -0.356. The third-order valence-corrected chi connectivity index (χ3v) is 3.29. The largest absolute Gasteiger partial charge is 0.399 e. The summed E-state index contributed by atoms with van der Waals surface area (Å²) in [5.74, 6) is -0.600. The first kappa shape index (κ1) is 13.6. The number of anilines is 1. The summed E-state index contributed by atoms with van der Waals surface area (Å²) in [5, 5.41) is 0.335. The van der Waals surface area contributed by atoms with Gasteiger partial charge in [0, 0.05) is 16.8 Å². The fourth-order valence-corrected chi connectivity index (χ4v) is 2.32. The van der Waals surface area contributed by atoms with Gasteiger partial charge in [-0.05, 0) is 55.3 Å². The van der Waals surface area contributed by atoms with Crippen molar-refractivity contribution in [1.29, 1.82) is 0 Å². The van der Waals surface area contributed by atoms with Crippen LogP contribution in [0.1, 0.15) is 27.0 Å². The number of hydrogen-bond donors (Lipinski definition) is 1. The first-order valence-corrected chi connectivity index (χ1v) is 6.14. The average Bonchev–Trinajstić information content (AvgIpc) is 2.30. The highest BCUT2D eigenvalue weighted by atomic mass is 35.5. The van der Waals surface area contributed by atoms with Crippen LogP contribution in [0.5, 0.6) is 0 Å². The van der Waals surface area contributed by atoms with E-state index < -0.39 is 0 Å². The van der Waals surface area contributed by atoms with Crippen LogP contribution in [0.2, 0.25) is 5.02 Å². The first-order chi connectivity index (χ1) is 8.90. The van der Waals surface area contributed by atoms with Crippen molar-refractivity contribution < 1.29 is 9.18 Å². The third kappa shape index (κ3) is 2.61. The Morgan fingerprint density at radius 3 is 2.32 bits per heavy atom. The van der Waals surface area contributed by atoms with Crippen LogP contribution >= 0.6 is 11.6 Å². The number of halogens is 2. The van der Waals surface area contributed by atoms with E-state index >= 15 is 0 Å². The molecule has 98 valence electrons. The molecule has 0 atom stereocenters. The standard InChI is InChI=1S/C15H13ClFNO/c1-8-5-10(17)6-9(2)14(8)15(19)12-7-11(18)3-4-13(12)16/h3-7H,18H2,1-2H3. The van der Waals surface area contributed by atoms with Gasteiger partial charge in [0.2, 0.25) is 0 Å². The van der Waals surface area contributed by atoms with Crippen molar-refractivity contribution in [1.82, 2.24) is 0 Å². The molecule has 4 heteroatoms. The van der Waals surface area contributed by atoms with Gasteiger partial charge in [0.05, 0.1) is 5.02 Å². The Morgan fingerprint density at radius 1 is 1.16 bits per heavy atom. The number of ketones is 1. The van der Waals surface area contributed by atoms with Gasteiger partial charge < -0.3 is 5.73 Å². The maximum Gasteiger partial charge on any atom is 0.195 e. The summed E-state index contributed by atoms with van der Waals surface area (Å²) in [6, 6.07) is 7.41. The predicted octanol–water partition coefficient (Wildman–Crippen LogP) is 3.91. The zero-order valence-electron chi connectivity index (χ0n) is 10.6. The predicted molar refractivity (Wildman–Crippen MR) is 75.2 cm³/mol. The maximum atomic E-state index is 13.3. The zero-order valence-corrected chi connectivity index (χ0v) is 11.4.